The maximum Gasteiger partial charge on any atom is 0.119 e. The largest absolute Gasteiger partial charge is 0.497 e. The fourth-order valence-corrected chi connectivity index (χ4v) is 2.29. The predicted octanol–water partition coefficient (Wildman–Crippen LogP) is 4.56. The Morgan fingerprint density at radius 2 is 2.00 bits per heavy atom. The van der Waals surface area contributed by atoms with Crippen LogP contribution >= 0.6 is 0 Å². The summed E-state index contributed by atoms with van der Waals surface area (Å²) in [7, 11) is 1.73. The van der Waals surface area contributed by atoms with Crippen molar-refractivity contribution in [3.63, 3.8) is 0 Å². The summed E-state index contributed by atoms with van der Waals surface area (Å²) in [6, 6.07) is 8.90. The number of ether oxygens (including phenoxy) is 1. The molecule has 1 N–H and O–H groups in total. The van der Waals surface area contributed by atoms with Crippen LogP contribution in [0.2, 0.25) is 0 Å². The van der Waals surface area contributed by atoms with Crippen molar-refractivity contribution in [2.45, 2.75) is 52.5 Å². The number of nitrogens with one attached hydrogen (secondary N) is 1. The summed E-state index contributed by atoms with van der Waals surface area (Å²) in [5.41, 5.74) is 1.34. The maximum absolute atomic E-state index is 5.32. The standard InChI is InChI=1S/C17H29NO/c1-5-12-18-17(11-6-8-14(2)3)15-9-7-10-16(13-15)19-4/h7,9-10,13-14,17-18H,5-6,8,11-12H2,1-4H3. The number of rotatable bonds is 9. The molecule has 108 valence electrons. The molecule has 0 heterocycles. The zero-order chi connectivity index (χ0) is 14.1. The second-order valence-corrected chi connectivity index (χ2v) is 5.61. The third kappa shape index (κ3) is 6.11. The van der Waals surface area contributed by atoms with Crippen molar-refractivity contribution in [3.05, 3.63) is 29.8 Å². The van der Waals surface area contributed by atoms with Gasteiger partial charge >= 0.3 is 0 Å². The summed E-state index contributed by atoms with van der Waals surface area (Å²) in [5.74, 6) is 1.74. The van der Waals surface area contributed by atoms with Gasteiger partial charge in [-0.25, -0.2) is 0 Å². The van der Waals surface area contributed by atoms with Gasteiger partial charge in [0.2, 0.25) is 0 Å². The van der Waals surface area contributed by atoms with Crippen LogP contribution in [0.25, 0.3) is 0 Å². The molecule has 19 heavy (non-hydrogen) atoms. The van der Waals surface area contributed by atoms with E-state index >= 15 is 0 Å². The van der Waals surface area contributed by atoms with E-state index in [0.29, 0.717) is 6.04 Å². The molecule has 2 nitrogen and oxygen atoms in total. The highest BCUT2D eigenvalue weighted by Gasteiger charge is 2.11. The zero-order valence-corrected chi connectivity index (χ0v) is 12.9. The number of methoxy groups -OCH3 is 1. The van der Waals surface area contributed by atoms with Gasteiger partial charge in [0.05, 0.1) is 7.11 Å². The van der Waals surface area contributed by atoms with Crippen LogP contribution in [0.1, 0.15) is 58.1 Å². The Balaban J connectivity index is 2.65. The van der Waals surface area contributed by atoms with Crippen molar-refractivity contribution in [1.82, 2.24) is 5.32 Å². The number of hydrogen-bond donors (Lipinski definition) is 1. The molecule has 0 aliphatic heterocycles. The molecule has 1 rings (SSSR count). The first-order valence-electron chi connectivity index (χ1n) is 7.54. The van der Waals surface area contributed by atoms with Crippen LogP contribution in [0, 0.1) is 5.92 Å². The molecular formula is C17H29NO. The van der Waals surface area contributed by atoms with Gasteiger partial charge < -0.3 is 10.1 Å². The Morgan fingerprint density at radius 3 is 2.63 bits per heavy atom. The average molecular weight is 263 g/mol. The molecule has 0 aliphatic carbocycles. The van der Waals surface area contributed by atoms with E-state index in [2.05, 4.69) is 44.3 Å². The van der Waals surface area contributed by atoms with Crippen molar-refractivity contribution < 1.29 is 4.74 Å². The molecule has 0 radical (unpaired) electrons. The van der Waals surface area contributed by atoms with Crippen molar-refractivity contribution >= 4 is 0 Å². The highest BCUT2D eigenvalue weighted by molar-refractivity contribution is 5.30. The summed E-state index contributed by atoms with van der Waals surface area (Å²) >= 11 is 0. The monoisotopic (exact) mass is 263 g/mol. The van der Waals surface area contributed by atoms with E-state index in [1.165, 1.54) is 31.2 Å². The van der Waals surface area contributed by atoms with Gasteiger partial charge in [-0.05, 0) is 43.0 Å². The molecular weight excluding hydrogens is 234 g/mol. The summed E-state index contributed by atoms with van der Waals surface area (Å²) in [6.45, 7) is 7.87. The summed E-state index contributed by atoms with van der Waals surface area (Å²) in [5, 5.41) is 3.66. The van der Waals surface area contributed by atoms with Gasteiger partial charge in [-0.2, -0.15) is 0 Å². The SMILES string of the molecule is CCCNC(CCCC(C)C)c1cccc(OC)c1. The van der Waals surface area contributed by atoms with E-state index < -0.39 is 0 Å². The fraction of sp³-hybridized carbons (Fsp3) is 0.647. The van der Waals surface area contributed by atoms with Crippen LogP contribution in [0.15, 0.2) is 24.3 Å². The highest BCUT2D eigenvalue weighted by Crippen LogP contribution is 2.24. The average Bonchev–Trinajstić information content (AvgIpc) is 2.42. The van der Waals surface area contributed by atoms with Gasteiger partial charge in [0, 0.05) is 6.04 Å². The Bertz CT molecular complexity index is 349. The van der Waals surface area contributed by atoms with Crippen molar-refractivity contribution in [2.24, 2.45) is 5.92 Å². The lowest BCUT2D eigenvalue weighted by Gasteiger charge is -2.20. The first kappa shape index (κ1) is 16.0. The van der Waals surface area contributed by atoms with E-state index in [-0.39, 0.29) is 0 Å². The molecule has 0 aliphatic rings. The molecule has 0 bridgehead atoms. The maximum atomic E-state index is 5.32. The topological polar surface area (TPSA) is 21.3 Å². The van der Waals surface area contributed by atoms with Crippen molar-refractivity contribution in [3.8, 4) is 5.75 Å². The van der Waals surface area contributed by atoms with E-state index in [1.54, 1.807) is 7.11 Å². The predicted molar refractivity (Wildman–Crippen MR) is 82.7 cm³/mol. The first-order valence-corrected chi connectivity index (χ1v) is 7.54. The smallest absolute Gasteiger partial charge is 0.119 e. The van der Waals surface area contributed by atoms with Gasteiger partial charge in [0.25, 0.3) is 0 Å². The van der Waals surface area contributed by atoms with Crippen LogP contribution < -0.4 is 10.1 Å². The Morgan fingerprint density at radius 1 is 1.21 bits per heavy atom. The lowest BCUT2D eigenvalue weighted by atomic mass is 9.97. The fourth-order valence-electron chi connectivity index (χ4n) is 2.29. The lowest BCUT2D eigenvalue weighted by Crippen LogP contribution is -2.22. The lowest BCUT2D eigenvalue weighted by molar-refractivity contribution is 0.410. The second-order valence-electron chi connectivity index (χ2n) is 5.61. The molecule has 0 spiro atoms. The third-order valence-electron chi connectivity index (χ3n) is 3.41. The summed E-state index contributed by atoms with van der Waals surface area (Å²) in [4.78, 5) is 0. The minimum absolute atomic E-state index is 0.453. The van der Waals surface area contributed by atoms with Gasteiger partial charge in [0.15, 0.2) is 0 Å². The van der Waals surface area contributed by atoms with Crippen molar-refractivity contribution in [2.75, 3.05) is 13.7 Å². The Hall–Kier alpha value is -1.02. The van der Waals surface area contributed by atoms with Gasteiger partial charge in [-0.15, -0.1) is 0 Å². The number of benzene rings is 1. The molecule has 1 unspecified atom stereocenters. The number of hydrogen-bond acceptors (Lipinski definition) is 2. The molecule has 0 amide bonds. The zero-order valence-electron chi connectivity index (χ0n) is 12.9. The molecule has 1 aromatic rings. The Kier molecular flexibility index (Phi) is 7.57. The van der Waals surface area contributed by atoms with Crippen LogP contribution in [0.4, 0.5) is 0 Å². The van der Waals surface area contributed by atoms with Crippen molar-refractivity contribution in [1.29, 1.82) is 0 Å². The first-order chi connectivity index (χ1) is 9.17. The minimum atomic E-state index is 0.453. The quantitative estimate of drug-likeness (QED) is 0.705. The van der Waals surface area contributed by atoms with Crippen LogP contribution in [0.3, 0.4) is 0 Å². The normalized spacial score (nSPS) is 12.7. The molecule has 2 heteroatoms. The highest BCUT2D eigenvalue weighted by atomic mass is 16.5. The van der Waals surface area contributed by atoms with Gasteiger partial charge in [-0.3, -0.25) is 0 Å². The molecule has 0 fully saturated rings. The van der Waals surface area contributed by atoms with E-state index in [0.717, 1.165) is 18.2 Å². The van der Waals surface area contributed by atoms with Gasteiger partial charge in [-0.1, -0.05) is 45.7 Å². The van der Waals surface area contributed by atoms with E-state index in [9.17, 15) is 0 Å². The second kappa shape index (κ2) is 8.98. The van der Waals surface area contributed by atoms with E-state index in [4.69, 9.17) is 4.74 Å². The molecule has 1 atom stereocenters. The van der Waals surface area contributed by atoms with Crippen LogP contribution in [-0.2, 0) is 0 Å². The van der Waals surface area contributed by atoms with Crippen LogP contribution in [0.5, 0.6) is 5.75 Å². The molecule has 0 saturated heterocycles. The van der Waals surface area contributed by atoms with Gasteiger partial charge in [0.1, 0.15) is 5.75 Å². The molecule has 0 saturated carbocycles. The Labute approximate surface area is 118 Å². The van der Waals surface area contributed by atoms with E-state index in [1.807, 2.05) is 6.07 Å². The molecule has 0 aromatic heterocycles. The third-order valence-corrected chi connectivity index (χ3v) is 3.41. The van der Waals surface area contributed by atoms with Crippen LogP contribution in [-0.4, -0.2) is 13.7 Å². The minimum Gasteiger partial charge on any atom is -0.497 e. The summed E-state index contributed by atoms with van der Waals surface area (Å²) < 4.78 is 5.32. The summed E-state index contributed by atoms with van der Waals surface area (Å²) in [6.07, 6.45) is 4.94. The molecule has 1 aromatic carbocycles.